The molecule has 0 amide bonds. The highest BCUT2D eigenvalue weighted by Crippen LogP contribution is 2.22. The molecule has 0 saturated carbocycles. The summed E-state index contributed by atoms with van der Waals surface area (Å²) in [5.41, 5.74) is 2.74. The van der Waals surface area contributed by atoms with Gasteiger partial charge in [0.05, 0.1) is 24.7 Å². The van der Waals surface area contributed by atoms with E-state index in [4.69, 9.17) is 0 Å². The van der Waals surface area contributed by atoms with E-state index in [9.17, 15) is 5.11 Å². The standard InChI is InChI=1S/C17H20N4O/c1-17(13-22,14-5-3-2-4-6-14)12-19-9-15-10-20-16-11-18-7-8-21(15)16/h2-8,10-11,19,22H,9,12-13H2,1H3. The maximum absolute atomic E-state index is 9.80. The van der Waals surface area contributed by atoms with Crippen molar-refractivity contribution in [3.8, 4) is 0 Å². The van der Waals surface area contributed by atoms with Crippen molar-refractivity contribution in [1.29, 1.82) is 0 Å². The fraction of sp³-hybridized carbons (Fsp3) is 0.294. The van der Waals surface area contributed by atoms with Gasteiger partial charge in [-0.15, -0.1) is 0 Å². The predicted molar refractivity (Wildman–Crippen MR) is 85.6 cm³/mol. The van der Waals surface area contributed by atoms with Crippen molar-refractivity contribution in [1.82, 2.24) is 19.7 Å². The molecule has 1 unspecified atom stereocenters. The molecule has 0 bridgehead atoms. The molecule has 0 fully saturated rings. The van der Waals surface area contributed by atoms with Crippen LogP contribution in [0.2, 0.25) is 0 Å². The number of nitrogens with zero attached hydrogens (tertiary/aromatic N) is 3. The summed E-state index contributed by atoms with van der Waals surface area (Å²) in [6.45, 7) is 3.54. The molecule has 5 nitrogen and oxygen atoms in total. The van der Waals surface area contributed by atoms with Crippen LogP contribution >= 0.6 is 0 Å². The predicted octanol–water partition coefficient (Wildman–Crippen LogP) is 1.77. The second-order valence-corrected chi connectivity index (χ2v) is 5.74. The molecular formula is C17H20N4O. The average Bonchev–Trinajstić information content (AvgIpc) is 2.99. The normalized spacial score (nSPS) is 14.1. The summed E-state index contributed by atoms with van der Waals surface area (Å²) in [6.07, 6.45) is 7.25. The molecular weight excluding hydrogens is 276 g/mol. The van der Waals surface area contributed by atoms with E-state index in [1.807, 2.05) is 35.0 Å². The molecule has 2 heterocycles. The highest BCUT2D eigenvalue weighted by Gasteiger charge is 2.25. The molecule has 1 aromatic carbocycles. The molecule has 3 aromatic rings. The van der Waals surface area contributed by atoms with Gasteiger partial charge in [0.1, 0.15) is 0 Å². The van der Waals surface area contributed by atoms with E-state index in [0.717, 1.165) is 16.9 Å². The maximum atomic E-state index is 9.80. The van der Waals surface area contributed by atoms with Crippen LogP contribution in [0.15, 0.2) is 55.1 Å². The molecule has 0 saturated heterocycles. The van der Waals surface area contributed by atoms with E-state index in [2.05, 4.69) is 34.3 Å². The molecule has 114 valence electrons. The smallest absolute Gasteiger partial charge is 0.155 e. The Morgan fingerprint density at radius 3 is 2.82 bits per heavy atom. The summed E-state index contributed by atoms with van der Waals surface area (Å²) in [5.74, 6) is 0. The van der Waals surface area contributed by atoms with Crippen LogP contribution in [-0.2, 0) is 12.0 Å². The van der Waals surface area contributed by atoms with Crippen LogP contribution in [0.3, 0.4) is 0 Å². The van der Waals surface area contributed by atoms with Gasteiger partial charge in [-0.05, 0) is 5.56 Å². The largest absolute Gasteiger partial charge is 0.395 e. The Labute approximate surface area is 129 Å². The van der Waals surface area contributed by atoms with Crippen LogP contribution < -0.4 is 5.32 Å². The summed E-state index contributed by atoms with van der Waals surface area (Å²) >= 11 is 0. The number of imidazole rings is 1. The van der Waals surface area contributed by atoms with Crippen molar-refractivity contribution >= 4 is 5.65 Å². The zero-order valence-corrected chi connectivity index (χ0v) is 12.6. The summed E-state index contributed by atoms with van der Waals surface area (Å²) in [4.78, 5) is 8.39. The summed E-state index contributed by atoms with van der Waals surface area (Å²) in [5, 5.41) is 13.2. The van der Waals surface area contributed by atoms with Crippen molar-refractivity contribution in [2.45, 2.75) is 18.9 Å². The monoisotopic (exact) mass is 296 g/mol. The lowest BCUT2D eigenvalue weighted by molar-refractivity contribution is 0.201. The molecule has 0 spiro atoms. The molecule has 3 rings (SSSR count). The van der Waals surface area contributed by atoms with E-state index in [0.29, 0.717) is 13.1 Å². The quantitative estimate of drug-likeness (QED) is 0.728. The van der Waals surface area contributed by atoms with Crippen molar-refractivity contribution in [3.63, 3.8) is 0 Å². The zero-order valence-electron chi connectivity index (χ0n) is 12.6. The third-order valence-corrected chi connectivity index (χ3v) is 4.03. The number of hydrogen-bond acceptors (Lipinski definition) is 4. The number of aliphatic hydroxyl groups excluding tert-OH is 1. The minimum Gasteiger partial charge on any atom is -0.395 e. The first-order chi connectivity index (χ1) is 10.7. The fourth-order valence-corrected chi connectivity index (χ4v) is 2.58. The first kappa shape index (κ1) is 14.7. The van der Waals surface area contributed by atoms with E-state index < -0.39 is 0 Å². The number of rotatable bonds is 6. The molecule has 5 heteroatoms. The maximum Gasteiger partial charge on any atom is 0.155 e. The fourth-order valence-electron chi connectivity index (χ4n) is 2.58. The highest BCUT2D eigenvalue weighted by molar-refractivity contribution is 5.36. The van der Waals surface area contributed by atoms with E-state index in [1.54, 1.807) is 12.4 Å². The Hall–Kier alpha value is -2.24. The molecule has 0 aliphatic carbocycles. The second kappa shape index (κ2) is 6.25. The summed E-state index contributed by atoms with van der Waals surface area (Å²) in [6, 6.07) is 10.1. The lowest BCUT2D eigenvalue weighted by Crippen LogP contribution is -2.38. The minimum atomic E-state index is -0.302. The first-order valence-electron chi connectivity index (χ1n) is 7.36. The number of benzene rings is 1. The van der Waals surface area contributed by atoms with Crippen molar-refractivity contribution in [2.75, 3.05) is 13.2 Å². The van der Waals surface area contributed by atoms with Crippen LogP contribution in [-0.4, -0.2) is 32.6 Å². The number of nitrogens with one attached hydrogen (secondary N) is 1. The second-order valence-electron chi connectivity index (χ2n) is 5.74. The van der Waals surface area contributed by atoms with Gasteiger partial charge in [-0.2, -0.15) is 0 Å². The van der Waals surface area contributed by atoms with Gasteiger partial charge in [-0.3, -0.25) is 9.38 Å². The van der Waals surface area contributed by atoms with Gasteiger partial charge in [0.25, 0.3) is 0 Å². The molecule has 22 heavy (non-hydrogen) atoms. The van der Waals surface area contributed by atoms with Gasteiger partial charge in [-0.1, -0.05) is 37.3 Å². The van der Waals surface area contributed by atoms with Gasteiger partial charge in [0.2, 0.25) is 0 Å². The van der Waals surface area contributed by atoms with Gasteiger partial charge < -0.3 is 10.4 Å². The number of fused-ring (bicyclic) bond motifs is 1. The molecule has 0 aliphatic rings. The first-order valence-corrected chi connectivity index (χ1v) is 7.36. The van der Waals surface area contributed by atoms with Crippen LogP contribution in [0.4, 0.5) is 0 Å². The van der Waals surface area contributed by atoms with Crippen LogP contribution in [0, 0.1) is 0 Å². The molecule has 0 radical (unpaired) electrons. The van der Waals surface area contributed by atoms with E-state index in [-0.39, 0.29) is 12.0 Å². The van der Waals surface area contributed by atoms with Crippen LogP contribution in [0.1, 0.15) is 18.2 Å². The van der Waals surface area contributed by atoms with Gasteiger partial charge in [-0.25, -0.2) is 4.98 Å². The SMILES string of the molecule is CC(CO)(CNCc1cnc2cnccn12)c1ccccc1. The van der Waals surface area contributed by atoms with Crippen molar-refractivity contribution in [2.24, 2.45) is 0 Å². The Kier molecular flexibility index (Phi) is 4.18. The van der Waals surface area contributed by atoms with Gasteiger partial charge in [0.15, 0.2) is 5.65 Å². The van der Waals surface area contributed by atoms with E-state index in [1.165, 1.54) is 0 Å². The van der Waals surface area contributed by atoms with Gasteiger partial charge in [0, 0.05) is 30.9 Å². The Morgan fingerprint density at radius 1 is 1.23 bits per heavy atom. The van der Waals surface area contributed by atoms with Crippen LogP contribution in [0.5, 0.6) is 0 Å². The molecule has 2 aromatic heterocycles. The number of aromatic nitrogens is 3. The lowest BCUT2D eigenvalue weighted by Gasteiger charge is -2.28. The number of aliphatic hydroxyl groups is 1. The number of hydrogen-bond donors (Lipinski definition) is 2. The molecule has 2 N–H and O–H groups in total. The third kappa shape index (κ3) is 2.86. The van der Waals surface area contributed by atoms with Crippen molar-refractivity contribution < 1.29 is 5.11 Å². The lowest BCUT2D eigenvalue weighted by atomic mass is 9.83. The Morgan fingerprint density at radius 2 is 2.05 bits per heavy atom. The average molecular weight is 296 g/mol. The van der Waals surface area contributed by atoms with Crippen LogP contribution in [0.25, 0.3) is 5.65 Å². The Bertz CT molecular complexity index is 741. The summed E-state index contributed by atoms with van der Waals surface area (Å²) in [7, 11) is 0. The van der Waals surface area contributed by atoms with E-state index >= 15 is 0 Å². The molecule has 1 atom stereocenters. The highest BCUT2D eigenvalue weighted by atomic mass is 16.3. The van der Waals surface area contributed by atoms with Crippen molar-refractivity contribution in [3.05, 3.63) is 66.4 Å². The topological polar surface area (TPSA) is 62.5 Å². The van der Waals surface area contributed by atoms with Gasteiger partial charge >= 0.3 is 0 Å². The molecule has 0 aliphatic heterocycles. The zero-order chi connectivity index (χ0) is 15.4. The third-order valence-electron chi connectivity index (χ3n) is 4.03. The minimum absolute atomic E-state index is 0.0983. The Balaban J connectivity index is 1.69. The summed E-state index contributed by atoms with van der Waals surface area (Å²) < 4.78 is 2.01.